The Hall–Kier alpha value is -1.94. The quantitative estimate of drug-likeness (QED) is 0.0222. The Morgan fingerprint density at radius 1 is 0.265 bits per heavy atom. The van der Waals surface area contributed by atoms with E-state index in [0.29, 0.717) is 25.7 Å². The zero-order chi connectivity index (χ0) is 74.9. The molecule has 0 saturated heterocycles. The second-order valence-electron chi connectivity index (χ2n) is 30.8. The van der Waals surface area contributed by atoms with Crippen LogP contribution in [0.4, 0.5) is 0 Å². The summed E-state index contributed by atoms with van der Waals surface area (Å²) in [6.07, 6.45) is 65.0. The number of esters is 4. The Morgan fingerprint density at radius 2 is 0.451 bits per heavy atom. The van der Waals surface area contributed by atoms with Crippen molar-refractivity contribution in [3.63, 3.8) is 0 Å². The molecule has 17 nitrogen and oxygen atoms in total. The number of aliphatic hydroxyl groups excluding tert-OH is 1. The first-order chi connectivity index (χ1) is 49.4. The van der Waals surface area contributed by atoms with Crippen molar-refractivity contribution in [2.75, 3.05) is 39.6 Å². The van der Waals surface area contributed by atoms with Gasteiger partial charge in [0, 0.05) is 25.7 Å². The maximum atomic E-state index is 13.1. The van der Waals surface area contributed by atoms with Gasteiger partial charge in [0.05, 0.1) is 26.4 Å². The Morgan fingerprint density at radius 3 is 0.667 bits per heavy atom. The molecule has 102 heavy (non-hydrogen) atoms. The molecule has 0 aromatic carbocycles. The summed E-state index contributed by atoms with van der Waals surface area (Å²) in [5.74, 6) is -0.494. The summed E-state index contributed by atoms with van der Waals surface area (Å²) in [5.41, 5.74) is 0. The molecule has 19 heteroatoms. The van der Waals surface area contributed by atoms with E-state index in [0.717, 1.165) is 102 Å². The minimum atomic E-state index is -4.96. The Kier molecular flexibility index (Phi) is 73.1. The minimum Gasteiger partial charge on any atom is -0.462 e. The molecule has 0 saturated carbocycles. The topological polar surface area (TPSA) is 237 Å². The van der Waals surface area contributed by atoms with Crippen LogP contribution >= 0.6 is 15.6 Å². The van der Waals surface area contributed by atoms with Crippen LogP contribution < -0.4 is 0 Å². The van der Waals surface area contributed by atoms with Crippen LogP contribution in [0.3, 0.4) is 0 Å². The molecule has 0 aromatic heterocycles. The van der Waals surface area contributed by atoms with Gasteiger partial charge in [0.2, 0.25) is 0 Å². The summed E-state index contributed by atoms with van der Waals surface area (Å²) in [4.78, 5) is 73.1. The molecule has 0 spiro atoms. The van der Waals surface area contributed by atoms with Crippen molar-refractivity contribution in [2.45, 2.75) is 458 Å². The van der Waals surface area contributed by atoms with E-state index in [9.17, 15) is 43.2 Å². The van der Waals surface area contributed by atoms with E-state index < -0.39 is 97.5 Å². The molecule has 3 N–H and O–H groups in total. The Bertz CT molecular complexity index is 1960. The highest BCUT2D eigenvalue weighted by Gasteiger charge is 2.30. The molecular weight excluding hydrogens is 1330 g/mol. The molecule has 0 aromatic rings. The normalized spacial score (nSPS) is 13.9. The van der Waals surface area contributed by atoms with Crippen LogP contribution in [0.1, 0.15) is 440 Å². The Labute approximate surface area is 626 Å². The maximum absolute atomic E-state index is 13.1. The second-order valence-corrected chi connectivity index (χ2v) is 33.7. The highest BCUT2D eigenvalue weighted by molar-refractivity contribution is 7.47. The third-order valence-electron chi connectivity index (χ3n) is 19.5. The summed E-state index contributed by atoms with van der Waals surface area (Å²) in [6.45, 7) is 9.71. The summed E-state index contributed by atoms with van der Waals surface area (Å²) in [7, 11) is -9.92. The number of ether oxygens (including phenoxy) is 4. The van der Waals surface area contributed by atoms with Crippen LogP contribution in [0, 0.1) is 11.8 Å². The van der Waals surface area contributed by atoms with Gasteiger partial charge in [-0.15, -0.1) is 0 Å². The van der Waals surface area contributed by atoms with Crippen molar-refractivity contribution in [3.05, 3.63) is 0 Å². The highest BCUT2D eigenvalue weighted by Crippen LogP contribution is 2.45. The van der Waals surface area contributed by atoms with E-state index >= 15 is 0 Å². The van der Waals surface area contributed by atoms with Crippen LogP contribution in [0.25, 0.3) is 0 Å². The van der Waals surface area contributed by atoms with E-state index in [1.807, 2.05) is 0 Å². The van der Waals surface area contributed by atoms with Gasteiger partial charge in [-0.1, -0.05) is 388 Å². The first-order valence-corrected chi connectivity index (χ1v) is 46.0. The average molecular weight is 1490 g/mol. The van der Waals surface area contributed by atoms with Crippen molar-refractivity contribution >= 4 is 39.5 Å². The lowest BCUT2D eigenvalue weighted by Gasteiger charge is -2.21. The average Bonchev–Trinajstić information content (AvgIpc) is 0.925. The molecular formula is C83H162O17P2. The smallest absolute Gasteiger partial charge is 0.462 e. The van der Waals surface area contributed by atoms with Gasteiger partial charge >= 0.3 is 39.5 Å². The molecule has 0 fully saturated rings. The lowest BCUT2D eigenvalue weighted by Crippen LogP contribution is -2.30. The number of rotatable bonds is 82. The fraction of sp³-hybridized carbons (Fsp3) is 0.952. The largest absolute Gasteiger partial charge is 0.472 e. The predicted molar refractivity (Wildman–Crippen MR) is 418 cm³/mol. The van der Waals surface area contributed by atoms with E-state index in [1.54, 1.807) is 0 Å². The van der Waals surface area contributed by atoms with Crippen LogP contribution in [0.15, 0.2) is 0 Å². The molecule has 606 valence electrons. The summed E-state index contributed by atoms with van der Waals surface area (Å²) in [6, 6.07) is 0. The molecule has 0 radical (unpaired) electrons. The number of aliphatic hydroxyl groups is 1. The van der Waals surface area contributed by atoms with Gasteiger partial charge in [-0.3, -0.25) is 37.3 Å². The van der Waals surface area contributed by atoms with Crippen LogP contribution in [-0.4, -0.2) is 96.7 Å². The summed E-state index contributed by atoms with van der Waals surface area (Å²) < 4.78 is 68.8. The number of unbranched alkanes of at least 4 members (excludes halogenated alkanes) is 52. The van der Waals surface area contributed by atoms with Crippen molar-refractivity contribution in [2.24, 2.45) is 11.8 Å². The summed E-state index contributed by atoms with van der Waals surface area (Å²) >= 11 is 0. The minimum absolute atomic E-state index is 0.108. The number of carbonyl (C=O) groups is 4. The number of phosphoric ester groups is 2. The van der Waals surface area contributed by atoms with Crippen LogP contribution in [0.2, 0.25) is 0 Å². The fourth-order valence-electron chi connectivity index (χ4n) is 12.9. The SMILES string of the molecule is CCCCCCCCCCCCCCCCC(=O)O[C@H](COC(=O)CCCCCCCCCCCCCC)COP(=O)(O)OC[C@H](O)COP(=O)(O)OC[C@@H](COC(=O)CCCCCCCCCCCCCCCCCC(C)C)OC(=O)CCCCCCCCCCCCCCCCCC(C)C. The van der Waals surface area contributed by atoms with Gasteiger partial charge < -0.3 is 33.8 Å². The molecule has 0 aliphatic heterocycles. The molecule has 5 atom stereocenters. The number of hydrogen-bond acceptors (Lipinski definition) is 15. The Balaban J connectivity index is 5.26. The number of phosphoric acid groups is 2. The van der Waals surface area contributed by atoms with Gasteiger partial charge in [0.15, 0.2) is 12.2 Å². The van der Waals surface area contributed by atoms with Gasteiger partial charge in [0.1, 0.15) is 19.3 Å². The molecule has 0 rings (SSSR count). The first-order valence-electron chi connectivity index (χ1n) is 43.0. The third-order valence-corrected chi connectivity index (χ3v) is 21.4. The zero-order valence-corrected chi connectivity index (χ0v) is 68.7. The van der Waals surface area contributed by atoms with Gasteiger partial charge in [-0.05, 0) is 37.5 Å². The second kappa shape index (κ2) is 74.5. The molecule has 0 heterocycles. The van der Waals surface area contributed by atoms with E-state index in [2.05, 4.69) is 41.5 Å². The van der Waals surface area contributed by atoms with Crippen LogP contribution in [-0.2, 0) is 65.4 Å². The highest BCUT2D eigenvalue weighted by atomic mass is 31.2. The van der Waals surface area contributed by atoms with E-state index in [-0.39, 0.29) is 25.7 Å². The van der Waals surface area contributed by atoms with E-state index in [4.69, 9.17) is 37.0 Å². The lowest BCUT2D eigenvalue weighted by atomic mass is 10.0. The van der Waals surface area contributed by atoms with Crippen molar-refractivity contribution in [1.29, 1.82) is 0 Å². The third kappa shape index (κ3) is 76.3. The lowest BCUT2D eigenvalue weighted by molar-refractivity contribution is -0.161. The standard InChI is InChI=1S/C83H162O17P2/c1-7-9-11-13-15-17-19-21-30-37-43-49-55-61-67-82(87)99-78(71-93-80(85)65-59-53-47-41-35-20-18-16-14-12-10-8-2)73-97-101(89,90)95-69-77(84)70-96-102(91,92)98-74-79(100-83(88)68-62-56-50-44-38-32-27-23-25-29-34-40-46-52-58-64-76(5)6)72-94-81(86)66-60-54-48-42-36-31-26-22-24-28-33-39-45-51-57-63-75(3)4/h75-79,84H,7-74H2,1-6H3,(H,89,90)(H,91,92)/t77-,78+,79+/m0/s1. The fourth-order valence-corrected chi connectivity index (χ4v) is 14.5. The number of hydrogen-bond donors (Lipinski definition) is 3. The summed E-state index contributed by atoms with van der Waals surface area (Å²) in [5, 5.41) is 10.7. The van der Waals surface area contributed by atoms with Crippen LogP contribution in [0.5, 0.6) is 0 Å². The van der Waals surface area contributed by atoms with E-state index in [1.165, 1.54) is 257 Å². The first kappa shape index (κ1) is 100. The maximum Gasteiger partial charge on any atom is 0.472 e. The van der Waals surface area contributed by atoms with Gasteiger partial charge in [-0.2, -0.15) is 0 Å². The molecule has 0 aliphatic rings. The monoisotopic (exact) mass is 1490 g/mol. The zero-order valence-electron chi connectivity index (χ0n) is 66.9. The van der Waals surface area contributed by atoms with Crippen molar-refractivity contribution < 1.29 is 80.2 Å². The van der Waals surface area contributed by atoms with Gasteiger partial charge in [-0.25, -0.2) is 9.13 Å². The molecule has 0 aliphatic carbocycles. The number of carbonyl (C=O) groups excluding carboxylic acids is 4. The molecule has 2 unspecified atom stereocenters. The predicted octanol–water partition coefficient (Wildman–Crippen LogP) is 25.1. The van der Waals surface area contributed by atoms with Crippen molar-refractivity contribution in [1.82, 2.24) is 0 Å². The van der Waals surface area contributed by atoms with Gasteiger partial charge in [0.25, 0.3) is 0 Å². The molecule has 0 amide bonds. The van der Waals surface area contributed by atoms with Crippen molar-refractivity contribution in [3.8, 4) is 0 Å². The molecule has 0 bridgehead atoms.